The second-order valence-electron chi connectivity index (χ2n) is 5.92. The minimum atomic E-state index is -0.458. The molecule has 0 atom stereocenters. The third-order valence-electron chi connectivity index (χ3n) is 4.04. The van der Waals surface area contributed by atoms with E-state index in [0.717, 1.165) is 5.56 Å². The van der Waals surface area contributed by atoms with Gasteiger partial charge in [-0.3, -0.25) is 4.98 Å². The van der Waals surface area contributed by atoms with Crippen LogP contribution in [0.5, 0.6) is 28.7 Å². The molecule has 0 amide bonds. The van der Waals surface area contributed by atoms with E-state index in [2.05, 4.69) is 4.98 Å². The van der Waals surface area contributed by atoms with Crippen molar-refractivity contribution < 1.29 is 23.3 Å². The van der Waals surface area contributed by atoms with E-state index in [-0.39, 0.29) is 12.4 Å². The van der Waals surface area contributed by atoms with Gasteiger partial charge in [-0.15, -0.1) is 0 Å². The number of nitriles is 1. The van der Waals surface area contributed by atoms with Crippen molar-refractivity contribution in [2.45, 2.75) is 6.92 Å². The van der Waals surface area contributed by atoms with Crippen molar-refractivity contribution >= 4 is 10.9 Å². The molecule has 0 bridgehead atoms. The molecule has 3 aromatic rings. The van der Waals surface area contributed by atoms with Crippen molar-refractivity contribution in [2.24, 2.45) is 0 Å². The number of aryl methyl sites for hydroxylation is 1. The monoisotopic (exact) mass is 366 g/mol. The maximum Gasteiger partial charge on any atom is 0.204 e. The number of pyridine rings is 1. The first-order valence-electron chi connectivity index (χ1n) is 8.32. The average Bonchev–Trinajstić information content (AvgIpc) is 2.68. The lowest BCUT2D eigenvalue weighted by atomic mass is 10.1. The van der Waals surface area contributed by atoms with Crippen LogP contribution in [-0.4, -0.2) is 24.8 Å². The maximum atomic E-state index is 14.2. The number of halogens is 1. The van der Waals surface area contributed by atoms with Crippen LogP contribution in [0.1, 0.15) is 5.56 Å². The van der Waals surface area contributed by atoms with E-state index in [1.165, 1.54) is 6.07 Å². The molecule has 6 nitrogen and oxygen atoms in total. The van der Waals surface area contributed by atoms with Gasteiger partial charge in [0.1, 0.15) is 25.0 Å². The molecule has 7 heteroatoms. The number of ether oxygens (including phenoxy) is 4. The molecule has 0 unspecified atom stereocenters. The lowest BCUT2D eigenvalue weighted by Crippen LogP contribution is -2.17. The Hall–Kier alpha value is -3.53. The summed E-state index contributed by atoms with van der Waals surface area (Å²) in [6.07, 6.45) is 1.55. The molecule has 1 aliphatic rings. The predicted octanol–water partition coefficient (Wildman–Crippen LogP) is 4.15. The van der Waals surface area contributed by atoms with Gasteiger partial charge < -0.3 is 18.9 Å². The van der Waals surface area contributed by atoms with Gasteiger partial charge in [-0.05, 0) is 30.7 Å². The van der Waals surface area contributed by atoms with Crippen molar-refractivity contribution in [2.75, 3.05) is 19.8 Å². The van der Waals surface area contributed by atoms with Gasteiger partial charge in [0.05, 0.1) is 10.9 Å². The lowest BCUT2D eigenvalue weighted by Gasteiger charge is -2.23. The van der Waals surface area contributed by atoms with Gasteiger partial charge in [-0.25, -0.2) is 4.39 Å². The first-order valence-corrected chi connectivity index (χ1v) is 8.32. The number of hydrogen-bond acceptors (Lipinski definition) is 6. The topological polar surface area (TPSA) is 73.6 Å². The Balaban J connectivity index is 1.86. The van der Waals surface area contributed by atoms with Crippen molar-refractivity contribution in [3.8, 4) is 34.8 Å². The first kappa shape index (κ1) is 16.9. The summed E-state index contributed by atoms with van der Waals surface area (Å²) in [6.45, 7) is 2.37. The summed E-state index contributed by atoms with van der Waals surface area (Å²) in [5.41, 5.74) is 1.32. The summed E-state index contributed by atoms with van der Waals surface area (Å²) in [5.74, 6) is 1.18. The minimum absolute atomic E-state index is 0.100. The van der Waals surface area contributed by atoms with Crippen LogP contribution in [0.4, 0.5) is 4.39 Å². The zero-order chi connectivity index (χ0) is 18.8. The third-order valence-corrected chi connectivity index (χ3v) is 4.04. The molecular weight excluding hydrogens is 351 g/mol. The molecule has 0 saturated carbocycles. The Morgan fingerprint density at radius 3 is 2.70 bits per heavy atom. The summed E-state index contributed by atoms with van der Waals surface area (Å²) < 4.78 is 37.0. The molecular formula is C20H15FN2O4. The molecule has 2 heterocycles. The lowest BCUT2D eigenvalue weighted by molar-refractivity contribution is 0.166. The van der Waals surface area contributed by atoms with Gasteiger partial charge in [0.15, 0.2) is 29.7 Å². The van der Waals surface area contributed by atoms with Crippen LogP contribution in [0.2, 0.25) is 0 Å². The molecule has 1 aromatic heterocycles. The average molecular weight is 366 g/mol. The summed E-state index contributed by atoms with van der Waals surface area (Å²) in [6, 6.07) is 9.95. The van der Waals surface area contributed by atoms with Gasteiger partial charge in [0.25, 0.3) is 0 Å². The SMILES string of the molecule is Cc1ccc(Oc2ccnc3cc(OCC#N)c4c(c23)OCCO4)c(F)c1. The zero-order valence-electron chi connectivity index (χ0n) is 14.5. The van der Waals surface area contributed by atoms with Crippen LogP contribution in [-0.2, 0) is 0 Å². The zero-order valence-corrected chi connectivity index (χ0v) is 14.5. The first-order chi connectivity index (χ1) is 13.2. The van der Waals surface area contributed by atoms with Gasteiger partial charge in [0, 0.05) is 12.3 Å². The van der Waals surface area contributed by atoms with Crippen molar-refractivity contribution in [1.82, 2.24) is 4.98 Å². The van der Waals surface area contributed by atoms with Crippen molar-refractivity contribution in [1.29, 1.82) is 5.26 Å². The molecule has 0 saturated heterocycles. The minimum Gasteiger partial charge on any atom is -0.485 e. The largest absolute Gasteiger partial charge is 0.485 e. The molecule has 0 fully saturated rings. The highest BCUT2D eigenvalue weighted by atomic mass is 19.1. The summed E-state index contributed by atoms with van der Waals surface area (Å²) in [7, 11) is 0. The molecule has 2 aromatic carbocycles. The predicted molar refractivity (Wildman–Crippen MR) is 95.1 cm³/mol. The van der Waals surface area contributed by atoms with E-state index in [9.17, 15) is 4.39 Å². The number of fused-ring (bicyclic) bond motifs is 3. The quantitative estimate of drug-likeness (QED) is 0.691. The standard InChI is InChI=1S/C20H15FN2O4/c1-12-2-3-15(13(21)10-12)27-16-4-6-23-14-11-17(24-7-5-22)19-20(18(14)16)26-9-8-25-19/h2-4,6,10-11H,7-9H2,1H3. The van der Waals surface area contributed by atoms with Gasteiger partial charge in [-0.1, -0.05) is 6.07 Å². The molecule has 1 aliphatic heterocycles. The van der Waals surface area contributed by atoms with E-state index < -0.39 is 5.82 Å². The normalized spacial score (nSPS) is 12.5. The van der Waals surface area contributed by atoms with Crippen LogP contribution in [0.15, 0.2) is 36.5 Å². The number of hydrogen-bond donors (Lipinski definition) is 0. The Morgan fingerprint density at radius 2 is 1.93 bits per heavy atom. The van der Waals surface area contributed by atoms with Crippen LogP contribution >= 0.6 is 0 Å². The summed E-state index contributed by atoms with van der Waals surface area (Å²) in [5, 5.41) is 9.33. The fourth-order valence-corrected chi connectivity index (χ4v) is 2.88. The fourth-order valence-electron chi connectivity index (χ4n) is 2.88. The Kier molecular flexibility index (Phi) is 4.38. The van der Waals surface area contributed by atoms with Gasteiger partial charge in [0.2, 0.25) is 5.75 Å². The van der Waals surface area contributed by atoms with Crippen LogP contribution < -0.4 is 18.9 Å². The molecule has 4 rings (SSSR count). The Morgan fingerprint density at radius 1 is 1.11 bits per heavy atom. The highest BCUT2D eigenvalue weighted by Crippen LogP contribution is 2.48. The molecule has 0 spiro atoms. The highest BCUT2D eigenvalue weighted by molar-refractivity contribution is 5.95. The number of aromatic nitrogens is 1. The maximum absolute atomic E-state index is 14.2. The van der Waals surface area contributed by atoms with E-state index in [0.29, 0.717) is 47.1 Å². The van der Waals surface area contributed by atoms with Crippen LogP contribution in [0.3, 0.4) is 0 Å². The molecule has 27 heavy (non-hydrogen) atoms. The second kappa shape index (κ2) is 7.00. The van der Waals surface area contributed by atoms with Gasteiger partial charge >= 0.3 is 0 Å². The van der Waals surface area contributed by atoms with Crippen LogP contribution in [0.25, 0.3) is 10.9 Å². The van der Waals surface area contributed by atoms with E-state index >= 15 is 0 Å². The van der Waals surface area contributed by atoms with E-state index in [1.54, 1.807) is 37.4 Å². The molecule has 0 N–H and O–H groups in total. The smallest absolute Gasteiger partial charge is 0.204 e. The van der Waals surface area contributed by atoms with Crippen molar-refractivity contribution in [3.63, 3.8) is 0 Å². The summed E-state index contributed by atoms with van der Waals surface area (Å²) >= 11 is 0. The van der Waals surface area contributed by atoms with Crippen LogP contribution in [0, 0.1) is 24.1 Å². The van der Waals surface area contributed by atoms with Crippen molar-refractivity contribution in [3.05, 3.63) is 47.9 Å². The second-order valence-corrected chi connectivity index (χ2v) is 5.92. The number of nitrogens with zero attached hydrogens (tertiary/aromatic N) is 2. The Labute approximate surface area is 154 Å². The van der Waals surface area contributed by atoms with Gasteiger partial charge in [-0.2, -0.15) is 5.26 Å². The third kappa shape index (κ3) is 3.17. The fraction of sp³-hybridized carbons (Fsp3) is 0.200. The molecule has 0 radical (unpaired) electrons. The number of benzene rings is 2. The van der Waals surface area contributed by atoms with E-state index in [1.807, 2.05) is 6.07 Å². The number of rotatable bonds is 4. The molecule has 136 valence electrons. The summed E-state index contributed by atoms with van der Waals surface area (Å²) in [4.78, 5) is 4.32. The Bertz CT molecular complexity index is 1060. The molecule has 0 aliphatic carbocycles. The van der Waals surface area contributed by atoms with E-state index in [4.69, 9.17) is 24.2 Å². The highest BCUT2D eigenvalue weighted by Gasteiger charge is 2.24.